The van der Waals surface area contributed by atoms with E-state index in [9.17, 15) is 4.79 Å². The number of benzene rings is 2. The molecule has 2 N–H and O–H groups in total. The summed E-state index contributed by atoms with van der Waals surface area (Å²) in [5.74, 6) is 2.63. The molecule has 144 valence electrons. The molecule has 6 nitrogen and oxygen atoms in total. The number of rotatable bonds is 8. The predicted molar refractivity (Wildman–Crippen MR) is 105 cm³/mol. The van der Waals surface area contributed by atoms with Crippen LogP contribution >= 0.6 is 0 Å². The molecule has 2 aromatic rings. The highest BCUT2D eigenvalue weighted by Gasteiger charge is 2.14. The van der Waals surface area contributed by atoms with Crippen molar-refractivity contribution in [1.29, 1.82) is 0 Å². The molecule has 1 aliphatic rings. The Kier molecular flexibility index (Phi) is 6.93. The van der Waals surface area contributed by atoms with Gasteiger partial charge in [0.1, 0.15) is 5.75 Å². The van der Waals surface area contributed by atoms with Gasteiger partial charge in [0, 0.05) is 25.4 Å². The predicted octanol–water partition coefficient (Wildman–Crippen LogP) is 4.43. The molecule has 0 aliphatic carbocycles. The number of anilines is 1. The van der Waals surface area contributed by atoms with E-state index in [0.717, 1.165) is 32.5 Å². The lowest BCUT2D eigenvalue weighted by molar-refractivity contribution is 0.184. The summed E-state index contributed by atoms with van der Waals surface area (Å²) in [6, 6.07) is 14.5. The van der Waals surface area contributed by atoms with E-state index in [1.165, 1.54) is 0 Å². The maximum Gasteiger partial charge on any atom is 0.319 e. The number of hydrogen-bond acceptors (Lipinski definition) is 4. The maximum atomic E-state index is 12.0. The zero-order valence-corrected chi connectivity index (χ0v) is 15.6. The van der Waals surface area contributed by atoms with Gasteiger partial charge in [0.2, 0.25) is 0 Å². The van der Waals surface area contributed by atoms with Crippen LogP contribution in [0.25, 0.3) is 0 Å². The Balaban J connectivity index is 1.42. The average Bonchev–Trinajstić information content (AvgIpc) is 3.21. The highest BCUT2D eigenvalue weighted by Crippen LogP contribution is 2.31. The van der Waals surface area contributed by atoms with Crippen molar-refractivity contribution in [3.05, 3.63) is 48.5 Å². The fourth-order valence-electron chi connectivity index (χ4n) is 3.02. The van der Waals surface area contributed by atoms with Gasteiger partial charge in [0.15, 0.2) is 11.5 Å². The van der Waals surface area contributed by atoms with Crippen LogP contribution in [0.15, 0.2) is 48.5 Å². The Morgan fingerprint density at radius 1 is 1.15 bits per heavy atom. The number of para-hydroxylation sites is 2. The van der Waals surface area contributed by atoms with Gasteiger partial charge in [-0.25, -0.2) is 4.79 Å². The van der Waals surface area contributed by atoms with E-state index in [1.54, 1.807) is 19.2 Å². The molecule has 2 amide bonds. The number of carbonyl (C=O) groups excluding carboxylic acids is 1. The number of nitrogens with one attached hydrogen (secondary N) is 2. The molecule has 2 aromatic carbocycles. The third kappa shape index (κ3) is 5.89. The molecule has 6 heteroatoms. The summed E-state index contributed by atoms with van der Waals surface area (Å²) in [7, 11) is 1.61. The molecule has 0 aromatic heterocycles. The lowest BCUT2D eigenvalue weighted by atomic mass is 10.0. The lowest BCUT2D eigenvalue weighted by Gasteiger charge is -2.11. The molecular formula is C21H26N2O4. The molecule has 1 heterocycles. The van der Waals surface area contributed by atoms with Crippen LogP contribution in [0, 0.1) is 5.92 Å². The summed E-state index contributed by atoms with van der Waals surface area (Å²) >= 11 is 0. The molecule has 1 fully saturated rings. The van der Waals surface area contributed by atoms with Crippen LogP contribution in [0.3, 0.4) is 0 Å². The Morgan fingerprint density at radius 3 is 2.63 bits per heavy atom. The summed E-state index contributed by atoms with van der Waals surface area (Å²) in [4.78, 5) is 12.0. The molecule has 1 aliphatic heterocycles. The van der Waals surface area contributed by atoms with Gasteiger partial charge in [-0.15, -0.1) is 0 Å². The number of hydrogen-bond donors (Lipinski definition) is 2. The Hall–Kier alpha value is -2.73. The summed E-state index contributed by atoms with van der Waals surface area (Å²) in [5, 5.41) is 5.71. The molecule has 0 saturated carbocycles. The van der Waals surface area contributed by atoms with Crippen molar-refractivity contribution in [3.63, 3.8) is 0 Å². The van der Waals surface area contributed by atoms with Crippen molar-refractivity contribution >= 4 is 11.7 Å². The van der Waals surface area contributed by atoms with Gasteiger partial charge in [-0.3, -0.25) is 0 Å². The summed E-state index contributed by atoms with van der Waals surface area (Å²) < 4.78 is 16.5. The minimum atomic E-state index is -0.198. The van der Waals surface area contributed by atoms with Crippen LogP contribution in [0.4, 0.5) is 10.5 Å². The van der Waals surface area contributed by atoms with Gasteiger partial charge in [-0.1, -0.05) is 12.1 Å². The van der Waals surface area contributed by atoms with Crippen LogP contribution < -0.4 is 20.1 Å². The summed E-state index contributed by atoms with van der Waals surface area (Å²) in [5.41, 5.74) is 0.712. The second-order valence-corrected chi connectivity index (χ2v) is 6.53. The zero-order chi connectivity index (χ0) is 18.9. The Labute approximate surface area is 159 Å². The summed E-state index contributed by atoms with van der Waals surface area (Å²) in [6.07, 6.45) is 3.19. The first kappa shape index (κ1) is 19.0. The molecular weight excluding hydrogens is 344 g/mol. The molecule has 27 heavy (non-hydrogen) atoms. The quantitative estimate of drug-likeness (QED) is 0.675. The van der Waals surface area contributed by atoms with Crippen LogP contribution in [0.2, 0.25) is 0 Å². The van der Waals surface area contributed by atoms with Gasteiger partial charge >= 0.3 is 6.03 Å². The normalized spacial score (nSPS) is 16.0. The van der Waals surface area contributed by atoms with E-state index in [0.29, 0.717) is 35.4 Å². The second kappa shape index (κ2) is 9.83. The minimum Gasteiger partial charge on any atom is -0.493 e. The highest BCUT2D eigenvalue weighted by molar-refractivity contribution is 5.89. The fourth-order valence-corrected chi connectivity index (χ4v) is 3.02. The first-order chi connectivity index (χ1) is 13.2. The van der Waals surface area contributed by atoms with Gasteiger partial charge in [0.05, 0.1) is 7.11 Å². The molecule has 0 unspecified atom stereocenters. The van der Waals surface area contributed by atoms with E-state index in [4.69, 9.17) is 14.2 Å². The molecule has 0 bridgehead atoms. The van der Waals surface area contributed by atoms with Crippen LogP contribution in [-0.2, 0) is 4.74 Å². The minimum absolute atomic E-state index is 0.198. The third-order valence-electron chi connectivity index (χ3n) is 4.51. The highest BCUT2D eigenvalue weighted by atomic mass is 16.5. The van der Waals surface area contributed by atoms with Crippen molar-refractivity contribution in [1.82, 2.24) is 5.32 Å². The number of amides is 2. The van der Waals surface area contributed by atoms with Gasteiger partial charge in [-0.05, 0) is 61.6 Å². The molecule has 0 spiro atoms. The van der Waals surface area contributed by atoms with Crippen molar-refractivity contribution in [2.24, 2.45) is 5.92 Å². The Morgan fingerprint density at radius 2 is 1.93 bits per heavy atom. The van der Waals surface area contributed by atoms with Crippen molar-refractivity contribution in [2.75, 3.05) is 32.2 Å². The number of urea groups is 1. The summed E-state index contributed by atoms with van der Waals surface area (Å²) in [6.45, 7) is 2.39. The van der Waals surface area contributed by atoms with Crippen LogP contribution in [0.5, 0.6) is 17.2 Å². The maximum absolute atomic E-state index is 12.0. The SMILES string of the molecule is COc1ccccc1Oc1ccc(NC(=O)NCCC[C@@H]2CCOC2)cc1. The smallest absolute Gasteiger partial charge is 0.319 e. The number of ether oxygens (including phenoxy) is 3. The van der Waals surface area contributed by atoms with Crippen LogP contribution in [0.1, 0.15) is 19.3 Å². The molecule has 0 radical (unpaired) electrons. The standard InChI is InChI=1S/C21H26N2O4/c1-25-19-6-2-3-7-20(19)27-18-10-8-17(9-11-18)23-21(24)22-13-4-5-16-12-14-26-15-16/h2-3,6-11,16H,4-5,12-15H2,1H3,(H2,22,23,24)/t16-/m1/s1. The van der Waals surface area contributed by atoms with E-state index in [2.05, 4.69) is 10.6 Å². The van der Waals surface area contributed by atoms with Crippen molar-refractivity contribution < 1.29 is 19.0 Å². The topological polar surface area (TPSA) is 68.8 Å². The Bertz CT molecular complexity index is 727. The largest absolute Gasteiger partial charge is 0.493 e. The lowest BCUT2D eigenvalue weighted by Crippen LogP contribution is -2.29. The van der Waals surface area contributed by atoms with Crippen LogP contribution in [-0.4, -0.2) is 32.9 Å². The molecule has 3 rings (SSSR count). The van der Waals surface area contributed by atoms with Gasteiger partial charge in [-0.2, -0.15) is 0 Å². The second-order valence-electron chi connectivity index (χ2n) is 6.53. The van der Waals surface area contributed by atoms with Gasteiger partial charge in [0.25, 0.3) is 0 Å². The molecule has 1 saturated heterocycles. The van der Waals surface area contributed by atoms with E-state index < -0.39 is 0 Å². The van der Waals surface area contributed by atoms with E-state index >= 15 is 0 Å². The number of methoxy groups -OCH3 is 1. The first-order valence-electron chi connectivity index (χ1n) is 9.28. The average molecular weight is 370 g/mol. The first-order valence-corrected chi connectivity index (χ1v) is 9.28. The fraction of sp³-hybridized carbons (Fsp3) is 0.381. The van der Waals surface area contributed by atoms with Gasteiger partial charge < -0.3 is 24.8 Å². The zero-order valence-electron chi connectivity index (χ0n) is 15.6. The van der Waals surface area contributed by atoms with Crippen molar-refractivity contribution in [2.45, 2.75) is 19.3 Å². The van der Waals surface area contributed by atoms with E-state index in [-0.39, 0.29) is 6.03 Å². The molecule has 1 atom stereocenters. The number of carbonyl (C=O) groups is 1. The van der Waals surface area contributed by atoms with E-state index in [1.807, 2.05) is 36.4 Å². The van der Waals surface area contributed by atoms with Crippen molar-refractivity contribution in [3.8, 4) is 17.2 Å². The third-order valence-corrected chi connectivity index (χ3v) is 4.51. The monoisotopic (exact) mass is 370 g/mol.